The molecule has 1 fully saturated rings. The van der Waals surface area contributed by atoms with Crippen LogP contribution in [0.2, 0.25) is 0 Å². The number of aromatic nitrogens is 4. The maximum Gasteiger partial charge on any atom is 0.138 e. The van der Waals surface area contributed by atoms with E-state index in [0.29, 0.717) is 16.6 Å². The third-order valence-corrected chi connectivity index (χ3v) is 6.92. The first-order valence-electron chi connectivity index (χ1n) is 11.0. The number of nitrogens with zero attached hydrogens (tertiary/aromatic N) is 5. The van der Waals surface area contributed by atoms with Gasteiger partial charge in [0.1, 0.15) is 22.1 Å². The summed E-state index contributed by atoms with van der Waals surface area (Å²) in [6, 6.07) is 10.4. The van der Waals surface area contributed by atoms with E-state index in [9.17, 15) is 20.0 Å². The van der Waals surface area contributed by atoms with Crippen LogP contribution >= 0.6 is 12.2 Å². The van der Waals surface area contributed by atoms with Crippen molar-refractivity contribution in [2.24, 2.45) is 0 Å². The zero-order chi connectivity index (χ0) is 24.0. The molecule has 9 heteroatoms. The number of hydrogen-bond donors (Lipinski definition) is 2. The summed E-state index contributed by atoms with van der Waals surface area (Å²) < 4.78 is 17.8. The molecular formula is C25H21FN6OS. The van der Waals surface area contributed by atoms with Crippen LogP contribution in [0.1, 0.15) is 48.5 Å². The molecule has 0 saturated heterocycles. The number of nitriles is 2. The van der Waals surface area contributed by atoms with Gasteiger partial charge >= 0.3 is 0 Å². The van der Waals surface area contributed by atoms with Crippen LogP contribution in [-0.2, 0) is 0 Å². The average molecular weight is 473 g/mol. The van der Waals surface area contributed by atoms with Crippen molar-refractivity contribution in [2.75, 3.05) is 0 Å². The van der Waals surface area contributed by atoms with Gasteiger partial charge in [-0.2, -0.15) is 15.6 Å². The second-order valence-corrected chi connectivity index (χ2v) is 9.05. The molecule has 7 nitrogen and oxygen atoms in total. The molecular weight excluding hydrogens is 451 g/mol. The van der Waals surface area contributed by atoms with E-state index in [-0.39, 0.29) is 27.9 Å². The lowest BCUT2D eigenvalue weighted by molar-refractivity contribution is 0.107. The summed E-state index contributed by atoms with van der Waals surface area (Å²) >= 11 is 5.37. The first kappa shape index (κ1) is 22.0. The van der Waals surface area contributed by atoms with Crippen molar-refractivity contribution in [1.29, 1.82) is 10.5 Å². The van der Waals surface area contributed by atoms with Gasteiger partial charge in [-0.05, 0) is 50.8 Å². The molecule has 1 saturated carbocycles. The van der Waals surface area contributed by atoms with E-state index in [4.69, 9.17) is 12.2 Å². The van der Waals surface area contributed by atoms with Gasteiger partial charge in [0.2, 0.25) is 0 Å². The highest BCUT2D eigenvalue weighted by Gasteiger charge is 2.24. The summed E-state index contributed by atoms with van der Waals surface area (Å²) in [7, 11) is 0. The van der Waals surface area contributed by atoms with E-state index in [1.807, 2.05) is 30.1 Å². The molecule has 0 atom stereocenters. The molecule has 0 unspecified atom stereocenters. The van der Waals surface area contributed by atoms with E-state index in [0.717, 1.165) is 42.5 Å². The van der Waals surface area contributed by atoms with Crippen LogP contribution in [0.4, 0.5) is 4.39 Å². The number of aliphatic hydroxyl groups is 1. The normalized spacial score (nSPS) is 18.0. The zero-order valence-electron chi connectivity index (χ0n) is 18.4. The molecule has 1 aromatic carbocycles. The maximum absolute atomic E-state index is 13.9. The van der Waals surface area contributed by atoms with Gasteiger partial charge in [0.25, 0.3) is 0 Å². The number of H-pyrrole nitrogens is 1. The second-order valence-electron chi connectivity index (χ2n) is 8.64. The number of hydrogen-bond acceptors (Lipinski definition) is 5. The lowest BCUT2D eigenvalue weighted by Crippen LogP contribution is -2.22. The molecule has 0 amide bonds. The van der Waals surface area contributed by atoms with Gasteiger partial charge < -0.3 is 5.11 Å². The third-order valence-electron chi connectivity index (χ3n) is 6.62. The number of halogens is 1. The highest BCUT2D eigenvalue weighted by atomic mass is 32.1. The number of aliphatic hydroxyl groups excluding tert-OH is 1. The van der Waals surface area contributed by atoms with Crippen molar-refractivity contribution in [3.05, 3.63) is 63.9 Å². The monoisotopic (exact) mass is 472 g/mol. The van der Waals surface area contributed by atoms with Crippen LogP contribution in [0.5, 0.6) is 0 Å². The molecule has 4 aromatic rings. The minimum atomic E-state index is -0.506. The Morgan fingerprint density at radius 3 is 2.59 bits per heavy atom. The van der Waals surface area contributed by atoms with Crippen molar-refractivity contribution >= 4 is 17.7 Å². The van der Waals surface area contributed by atoms with Crippen molar-refractivity contribution in [1.82, 2.24) is 19.4 Å². The fraction of sp³-hybridized carbons (Fsp3) is 0.280. The first-order valence-corrected chi connectivity index (χ1v) is 11.4. The minimum Gasteiger partial charge on any atom is -0.393 e. The largest absolute Gasteiger partial charge is 0.393 e. The Balaban J connectivity index is 1.72. The van der Waals surface area contributed by atoms with Gasteiger partial charge in [0.05, 0.1) is 35.5 Å². The van der Waals surface area contributed by atoms with Gasteiger partial charge in [0, 0.05) is 34.1 Å². The molecule has 170 valence electrons. The molecule has 2 N–H and O–H groups in total. The average Bonchev–Trinajstić information content (AvgIpc) is 3.37. The number of aromatic amines is 1. The van der Waals surface area contributed by atoms with Crippen LogP contribution in [0.15, 0.2) is 36.7 Å². The number of fused-ring (bicyclic) bond motifs is 1. The van der Waals surface area contributed by atoms with Crippen LogP contribution < -0.4 is 0 Å². The Morgan fingerprint density at radius 1 is 1.12 bits per heavy atom. The molecule has 34 heavy (non-hydrogen) atoms. The second kappa shape index (κ2) is 8.53. The summed E-state index contributed by atoms with van der Waals surface area (Å²) in [6.45, 7) is 2.01. The summed E-state index contributed by atoms with van der Waals surface area (Å²) in [5, 5.41) is 36.9. The van der Waals surface area contributed by atoms with Crippen molar-refractivity contribution in [3.8, 4) is 34.4 Å². The predicted octanol–water partition coefficient (Wildman–Crippen LogP) is 5.19. The van der Waals surface area contributed by atoms with Crippen LogP contribution in [0.25, 0.3) is 27.8 Å². The highest BCUT2D eigenvalue weighted by Crippen LogP contribution is 2.37. The molecule has 3 heterocycles. The Bertz CT molecular complexity index is 1560. The maximum atomic E-state index is 13.9. The Hall–Kier alpha value is -3.79. The van der Waals surface area contributed by atoms with Crippen LogP contribution in [0.3, 0.4) is 0 Å². The standard InChI is InChI=1S/C25H21FN6OS/c1-14-23(12-29-32(14)18-3-5-19(33)6-4-18)16-9-21(20-7-2-17(26)8-15(20)10-27)24-22(11-28)25(34)30-31(24)13-16/h2,7-9,12-13,18-19,33H,3-6H2,1H3,(H,30,34). The Labute approximate surface area is 200 Å². The third kappa shape index (κ3) is 3.60. The molecule has 1 aliphatic carbocycles. The van der Waals surface area contributed by atoms with Crippen LogP contribution in [0, 0.1) is 40.0 Å². The summed E-state index contributed by atoms with van der Waals surface area (Å²) in [4.78, 5) is 0. The predicted molar refractivity (Wildman–Crippen MR) is 127 cm³/mol. The SMILES string of the molecule is Cc1c(-c2cc(-c3ccc(F)cc3C#N)c3c(C#N)c(=S)[nH]n3c2)cnn1C1CCC(O)CC1. The van der Waals surface area contributed by atoms with Crippen molar-refractivity contribution in [2.45, 2.75) is 44.8 Å². The Kier molecular flexibility index (Phi) is 5.52. The van der Waals surface area contributed by atoms with Gasteiger partial charge in [-0.3, -0.25) is 14.3 Å². The van der Waals surface area contributed by atoms with Gasteiger partial charge in [0.15, 0.2) is 0 Å². The molecule has 0 radical (unpaired) electrons. The van der Waals surface area contributed by atoms with E-state index >= 15 is 0 Å². The van der Waals surface area contributed by atoms with Gasteiger partial charge in [-0.25, -0.2) is 4.39 Å². The molecule has 1 aliphatic rings. The highest BCUT2D eigenvalue weighted by molar-refractivity contribution is 7.71. The topological polar surface area (TPSA) is 106 Å². The number of nitrogens with one attached hydrogen (secondary N) is 1. The number of pyridine rings is 1. The van der Waals surface area contributed by atoms with Gasteiger partial charge in [-0.1, -0.05) is 18.3 Å². The summed E-state index contributed by atoms with van der Waals surface area (Å²) in [5.41, 5.74) is 4.82. The molecule has 0 aliphatic heterocycles. The van der Waals surface area contributed by atoms with E-state index < -0.39 is 5.82 Å². The van der Waals surface area contributed by atoms with Gasteiger partial charge in [-0.15, -0.1) is 0 Å². The first-order chi connectivity index (χ1) is 16.4. The zero-order valence-corrected chi connectivity index (χ0v) is 19.2. The molecule has 0 bridgehead atoms. The minimum absolute atomic E-state index is 0.170. The fourth-order valence-electron chi connectivity index (χ4n) is 4.89. The molecule has 3 aromatic heterocycles. The molecule has 5 rings (SSSR count). The summed E-state index contributed by atoms with van der Waals surface area (Å²) in [5.74, 6) is -0.506. The lowest BCUT2D eigenvalue weighted by atomic mass is 9.93. The molecule has 0 spiro atoms. The smallest absolute Gasteiger partial charge is 0.138 e. The van der Waals surface area contributed by atoms with E-state index in [1.54, 1.807) is 10.6 Å². The lowest BCUT2D eigenvalue weighted by Gasteiger charge is -2.26. The number of rotatable bonds is 3. The van der Waals surface area contributed by atoms with Crippen LogP contribution in [-0.4, -0.2) is 30.6 Å². The number of benzene rings is 1. The van der Waals surface area contributed by atoms with Crippen molar-refractivity contribution in [3.63, 3.8) is 0 Å². The summed E-state index contributed by atoms with van der Waals surface area (Å²) in [6.07, 6.45) is 6.67. The van der Waals surface area contributed by atoms with E-state index in [2.05, 4.69) is 22.3 Å². The fourth-order valence-corrected chi connectivity index (χ4v) is 5.13. The van der Waals surface area contributed by atoms with Crippen molar-refractivity contribution < 1.29 is 9.50 Å². The quantitative estimate of drug-likeness (QED) is 0.399. The van der Waals surface area contributed by atoms with E-state index in [1.165, 1.54) is 12.1 Å². The Morgan fingerprint density at radius 2 is 1.88 bits per heavy atom.